The maximum Gasteiger partial charge on any atom is 0.286 e. The molecule has 21 heavy (non-hydrogen) atoms. The lowest BCUT2D eigenvalue weighted by Gasteiger charge is -2.33. The molecule has 0 aliphatic heterocycles. The minimum Gasteiger partial charge on any atom is -0.428 e. The van der Waals surface area contributed by atoms with Crippen LogP contribution < -0.4 is 0 Å². The highest BCUT2D eigenvalue weighted by Crippen LogP contribution is 2.36. The van der Waals surface area contributed by atoms with Crippen molar-refractivity contribution in [3.05, 3.63) is 0 Å². The third-order valence-corrected chi connectivity index (χ3v) is 2.75. The van der Waals surface area contributed by atoms with E-state index in [2.05, 4.69) is 18.6 Å². The van der Waals surface area contributed by atoms with Crippen molar-refractivity contribution in [1.82, 2.24) is 0 Å². The van der Waals surface area contributed by atoms with Crippen molar-refractivity contribution in [2.45, 2.75) is 86.7 Å². The lowest BCUT2D eigenvalue weighted by Crippen LogP contribution is -2.27. The summed E-state index contributed by atoms with van der Waals surface area (Å²) >= 11 is 0. The molecule has 4 heteroatoms. The Kier molecular flexibility index (Phi) is 21.8. The predicted octanol–water partition coefficient (Wildman–Crippen LogP) is 5.40. The van der Waals surface area contributed by atoms with Gasteiger partial charge in [-0.05, 0) is 37.5 Å². The van der Waals surface area contributed by atoms with Crippen molar-refractivity contribution in [3.63, 3.8) is 0 Å². The fraction of sp³-hybridized carbons (Fsp3) is 0.882. The molecular formula is C17H34N2O2. The molecule has 0 heterocycles. The second-order valence-electron chi connectivity index (χ2n) is 5.03. The summed E-state index contributed by atoms with van der Waals surface area (Å²) < 4.78 is 9.21. The largest absolute Gasteiger partial charge is 0.428 e. The Morgan fingerprint density at radius 1 is 1.10 bits per heavy atom. The minimum atomic E-state index is 0.184. The topological polar surface area (TPSA) is 66.0 Å². The Balaban J connectivity index is -0.000000277. The lowest BCUT2D eigenvalue weighted by molar-refractivity contribution is 0.0613. The molecule has 0 saturated heterocycles. The van der Waals surface area contributed by atoms with E-state index in [0.29, 0.717) is 12.0 Å². The van der Waals surface area contributed by atoms with Gasteiger partial charge < -0.3 is 9.47 Å². The van der Waals surface area contributed by atoms with Crippen molar-refractivity contribution >= 4 is 0 Å². The molecule has 1 aliphatic carbocycles. The standard InChI is InChI=1S/C9H15NO.C4H7NO.2C2H6/c1-9(2)5-3-4-8(6-9)11-7-10;1-2-3-6-4-5;2*1-2/h8H,3-6H2,1-2H3;2-3H2,1H3;2*1-2H3. The van der Waals surface area contributed by atoms with E-state index >= 15 is 0 Å². The van der Waals surface area contributed by atoms with Gasteiger partial charge in [0, 0.05) is 0 Å². The molecule has 0 aromatic rings. The second kappa shape index (κ2) is 18.6. The van der Waals surface area contributed by atoms with Crippen LogP contribution in [0.25, 0.3) is 0 Å². The van der Waals surface area contributed by atoms with Gasteiger partial charge >= 0.3 is 0 Å². The van der Waals surface area contributed by atoms with E-state index in [1.807, 2.05) is 34.6 Å². The van der Waals surface area contributed by atoms with Crippen LogP contribution >= 0.6 is 0 Å². The average Bonchev–Trinajstić information content (AvgIpc) is 2.49. The molecule has 4 nitrogen and oxygen atoms in total. The third kappa shape index (κ3) is 18.6. The number of ether oxygens (including phenoxy) is 2. The first kappa shape index (κ1) is 24.6. The quantitative estimate of drug-likeness (QED) is 0.517. The molecule has 0 radical (unpaired) electrons. The Hall–Kier alpha value is -1.42. The summed E-state index contributed by atoms with van der Waals surface area (Å²) in [5.41, 5.74) is 0.375. The van der Waals surface area contributed by atoms with E-state index < -0.39 is 0 Å². The zero-order chi connectivity index (χ0) is 17.1. The van der Waals surface area contributed by atoms with E-state index in [1.165, 1.54) is 12.8 Å². The van der Waals surface area contributed by atoms with Gasteiger partial charge in [-0.25, -0.2) is 0 Å². The van der Waals surface area contributed by atoms with Crippen molar-refractivity contribution < 1.29 is 9.47 Å². The smallest absolute Gasteiger partial charge is 0.286 e. The number of nitriles is 2. The summed E-state index contributed by atoms with van der Waals surface area (Å²) in [5, 5.41) is 16.0. The predicted molar refractivity (Wildman–Crippen MR) is 87.3 cm³/mol. The molecule has 1 unspecified atom stereocenters. The van der Waals surface area contributed by atoms with E-state index in [-0.39, 0.29) is 6.10 Å². The zero-order valence-electron chi connectivity index (χ0n) is 15.0. The zero-order valence-corrected chi connectivity index (χ0v) is 15.0. The molecular weight excluding hydrogens is 264 g/mol. The van der Waals surface area contributed by atoms with Gasteiger partial charge in [0.15, 0.2) is 0 Å². The summed E-state index contributed by atoms with van der Waals surface area (Å²) in [6, 6.07) is 0. The Morgan fingerprint density at radius 2 is 1.67 bits per heavy atom. The van der Waals surface area contributed by atoms with Crippen LogP contribution in [0.2, 0.25) is 0 Å². The summed E-state index contributed by atoms with van der Waals surface area (Å²) in [5.74, 6) is 0. The van der Waals surface area contributed by atoms with Crippen molar-refractivity contribution in [2.75, 3.05) is 6.61 Å². The monoisotopic (exact) mass is 298 g/mol. The van der Waals surface area contributed by atoms with Gasteiger partial charge in [0.25, 0.3) is 12.5 Å². The first-order valence-electron chi connectivity index (χ1n) is 8.11. The average molecular weight is 298 g/mol. The summed E-state index contributed by atoms with van der Waals surface area (Å²) in [6.07, 6.45) is 8.97. The van der Waals surface area contributed by atoms with Crippen molar-refractivity contribution in [1.29, 1.82) is 10.5 Å². The normalized spacial score (nSPS) is 17.7. The fourth-order valence-electron chi connectivity index (χ4n) is 1.95. The number of rotatable bonds is 3. The van der Waals surface area contributed by atoms with Gasteiger partial charge in [-0.2, -0.15) is 10.5 Å². The summed E-state index contributed by atoms with van der Waals surface area (Å²) in [7, 11) is 0. The maximum atomic E-state index is 8.32. The highest BCUT2D eigenvalue weighted by Gasteiger charge is 2.28. The summed E-state index contributed by atoms with van der Waals surface area (Å²) in [6.45, 7) is 15.0. The maximum absolute atomic E-state index is 8.32. The summed E-state index contributed by atoms with van der Waals surface area (Å²) in [4.78, 5) is 0. The van der Waals surface area contributed by atoms with E-state index in [1.54, 1.807) is 12.5 Å². The van der Waals surface area contributed by atoms with Gasteiger partial charge in [-0.15, -0.1) is 0 Å². The van der Waals surface area contributed by atoms with Gasteiger partial charge in [-0.3, -0.25) is 0 Å². The van der Waals surface area contributed by atoms with Crippen molar-refractivity contribution in [3.8, 4) is 12.5 Å². The lowest BCUT2D eigenvalue weighted by atomic mass is 9.76. The van der Waals surface area contributed by atoms with Crippen LogP contribution in [0.1, 0.15) is 80.6 Å². The Labute approximate surface area is 132 Å². The highest BCUT2D eigenvalue weighted by atomic mass is 16.5. The molecule has 0 spiro atoms. The second-order valence-corrected chi connectivity index (χ2v) is 5.03. The molecule has 1 rings (SSSR count). The van der Waals surface area contributed by atoms with Gasteiger partial charge in [-0.1, -0.05) is 48.5 Å². The molecule has 1 saturated carbocycles. The first-order chi connectivity index (χ1) is 10.1. The molecule has 1 aliphatic rings. The van der Waals surface area contributed by atoms with E-state index in [0.717, 1.165) is 19.3 Å². The number of hydrogen-bond acceptors (Lipinski definition) is 4. The van der Waals surface area contributed by atoms with Gasteiger partial charge in [0.1, 0.15) is 12.7 Å². The SMILES string of the molecule is CC.CC.CC1(C)CCCC(OC#N)C1.CCCOC#N. The fourth-order valence-corrected chi connectivity index (χ4v) is 1.95. The van der Waals surface area contributed by atoms with Crippen molar-refractivity contribution in [2.24, 2.45) is 5.41 Å². The molecule has 1 fully saturated rings. The van der Waals surface area contributed by atoms with Crippen LogP contribution in [-0.4, -0.2) is 12.7 Å². The molecule has 0 amide bonds. The van der Waals surface area contributed by atoms with E-state index in [9.17, 15) is 0 Å². The van der Waals surface area contributed by atoms with Crippen LogP contribution in [0.4, 0.5) is 0 Å². The van der Waals surface area contributed by atoms with Gasteiger partial charge in [0.2, 0.25) is 0 Å². The van der Waals surface area contributed by atoms with Crippen LogP contribution in [0.15, 0.2) is 0 Å². The Bertz CT molecular complexity index is 277. The minimum absolute atomic E-state index is 0.184. The molecule has 0 aromatic carbocycles. The molecule has 0 bridgehead atoms. The highest BCUT2D eigenvalue weighted by molar-refractivity contribution is 4.81. The van der Waals surface area contributed by atoms with Gasteiger partial charge in [0.05, 0.1) is 0 Å². The number of hydrogen-bond donors (Lipinski definition) is 0. The van der Waals surface area contributed by atoms with Crippen LogP contribution in [0.5, 0.6) is 0 Å². The Morgan fingerprint density at radius 3 is 2.00 bits per heavy atom. The van der Waals surface area contributed by atoms with E-state index in [4.69, 9.17) is 15.3 Å². The molecule has 1 atom stereocenters. The molecule has 0 aromatic heterocycles. The third-order valence-electron chi connectivity index (χ3n) is 2.75. The number of nitrogens with zero attached hydrogens (tertiary/aromatic N) is 2. The first-order valence-corrected chi connectivity index (χ1v) is 8.11. The van der Waals surface area contributed by atoms with Crippen LogP contribution in [0, 0.1) is 28.4 Å². The van der Waals surface area contributed by atoms with Crippen LogP contribution in [0.3, 0.4) is 0 Å². The molecule has 0 N–H and O–H groups in total. The van der Waals surface area contributed by atoms with Crippen LogP contribution in [-0.2, 0) is 9.47 Å². The molecule has 124 valence electrons.